The first-order valence-corrected chi connectivity index (χ1v) is 8.79. The highest BCUT2D eigenvalue weighted by Crippen LogP contribution is 2.31. The predicted molar refractivity (Wildman–Crippen MR) is 91.5 cm³/mol. The van der Waals surface area contributed by atoms with Crippen molar-refractivity contribution in [2.75, 3.05) is 24.5 Å². The standard InChI is InChI=1S/C17H27BrN2/c1-3-10-19-14(2)16-13-15(18)8-9-17(16)20-11-6-4-5-7-12-20/h8-9,13-14,19H,3-7,10-12H2,1-2H3. The summed E-state index contributed by atoms with van der Waals surface area (Å²) in [6.07, 6.45) is 6.59. The second kappa shape index (κ2) is 8.04. The Kier molecular flexibility index (Phi) is 6.37. The van der Waals surface area contributed by atoms with E-state index in [1.807, 2.05) is 0 Å². The Labute approximate surface area is 132 Å². The quantitative estimate of drug-likeness (QED) is 0.822. The summed E-state index contributed by atoms with van der Waals surface area (Å²) in [5.74, 6) is 0. The van der Waals surface area contributed by atoms with Gasteiger partial charge in [0.25, 0.3) is 0 Å². The molecule has 1 atom stereocenters. The summed E-state index contributed by atoms with van der Waals surface area (Å²) in [5.41, 5.74) is 2.85. The first-order valence-electron chi connectivity index (χ1n) is 8.00. The van der Waals surface area contributed by atoms with Gasteiger partial charge in [0, 0.05) is 29.3 Å². The summed E-state index contributed by atoms with van der Waals surface area (Å²) in [5, 5.41) is 3.62. The molecule has 1 aliphatic heterocycles. The van der Waals surface area contributed by atoms with Gasteiger partial charge in [0.05, 0.1) is 0 Å². The van der Waals surface area contributed by atoms with E-state index in [1.165, 1.54) is 60.9 Å². The minimum Gasteiger partial charge on any atom is -0.371 e. The van der Waals surface area contributed by atoms with Gasteiger partial charge in [0.1, 0.15) is 0 Å². The van der Waals surface area contributed by atoms with Crippen LogP contribution in [0.5, 0.6) is 0 Å². The number of nitrogens with one attached hydrogen (secondary N) is 1. The van der Waals surface area contributed by atoms with Crippen molar-refractivity contribution in [3.8, 4) is 0 Å². The third-order valence-electron chi connectivity index (χ3n) is 4.10. The minimum atomic E-state index is 0.408. The SMILES string of the molecule is CCCNC(C)c1cc(Br)ccc1N1CCCCCC1. The summed E-state index contributed by atoms with van der Waals surface area (Å²) < 4.78 is 1.18. The lowest BCUT2D eigenvalue weighted by Gasteiger charge is -2.28. The zero-order valence-corrected chi connectivity index (χ0v) is 14.4. The van der Waals surface area contributed by atoms with Crippen LogP contribution in [0, 0.1) is 0 Å². The maximum absolute atomic E-state index is 3.63. The van der Waals surface area contributed by atoms with E-state index >= 15 is 0 Å². The molecule has 1 aliphatic rings. The van der Waals surface area contributed by atoms with Crippen molar-refractivity contribution in [2.45, 2.75) is 52.0 Å². The largest absolute Gasteiger partial charge is 0.371 e. The van der Waals surface area contributed by atoms with Crippen LogP contribution < -0.4 is 10.2 Å². The fraction of sp³-hybridized carbons (Fsp3) is 0.647. The highest BCUT2D eigenvalue weighted by molar-refractivity contribution is 9.10. The smallest absolute Gasteiger partial charge is 0.0415 e. The molecule has 1 fully saturated rings. The van der Waals surface area contributed by atoms with Crippen LogP contribution in [0.2, 0.25) is 0 Å². The van der Waals surface area contributed by atoms with Gasteiger partial charge >= 0.3 is 0 Å². The van der Waals surface area contributed by atoms with Crippen LogP contribution in [0.1, 0.15) is 57.6 Å². The van der Waals surface area contributed by atoms with Crippen molar-refractivity contribution in [1.29, 1.82) is 0 Å². The van der Waals surface area contributed by atoms with Crippen molar-refractivity contribution < 1.29 is 0 Å². The molecule has 0 bridgehead atoms. The topological polar surface area (TPSA) is 15.3 Å². The van der Waals surface area contributed by atoms with Crippen molar-refractivity contribution in [3.05, 3.63) is 28.2 Å². The zero-order chi connectivity index (χ0) is 14.4. The van der Waals surface area contributed by atoms with Crippen LogP contribution in [0.3, 0.4) is 0 Å². The summed E-state index contributed by atoms with van der Waals surface area (Å²) in [4.78, 5) is 2.58. The minimum absolute atomic E-state index is 0.408. The van der Waals surface area contributed by atoms with E-state index in [0.717, 1.165) is 6.54 Å². The molecule has 0 saturated carbocycles. The molecule has 20 heavy (non-hydrogen) atoms. The average Bonchev–Trinajstić information content (AvgIpc) is 2.73. The first-order chi connectivity index (χ1) is 9.72. The maximum Gasteiger partial charge on any atom is 0.0415 e. The molecule has 2 rings (SSSR count). The molecule has 3 heteroatoms. The second-order valence-corrected chi connectivity index (χ2v) is 6.70. The Morgan fingerprint density at radius 3 is 2.55 bits per heavy atom. The molecule has 1 unspecified atom stereocenters. The van der Waals surface area contributed by atoms with Crippen molar-refractivity contribution >= 4 is 21.6 Å². The molecule has 0 aliphatic carbocycles. The van der Waals surface area contributed by atoms with Crippen LogP contribution in [0.4, 0.5) is 5.69 Å². The van der Waals surface area contributed by atoms with Crippen molar-refractivity contribution in [1.82, 2.24) is 5.32 Å². The number of rotatable bonds is 5. The summed E-state index contributed by atoms with van der Waals surface area (Å²) in [6, 6.07) is 7.16. The maximum atomic E-state index is 3.63. The van der Waals surface area contributed by atoms with Gasteiger partial charge in [0.15, 0.2) is 0 Å². The molecule has 1 saturated heterocycles. The lowest BCUT2D eigenvalue weighted by atomic mass is 10.0. The van der Waals surface area contributed by atoms with Crippen LogP contribution in [0.25, 0.3) is 0 Å². The first kappa shape index (κ1) is 15.8. The third-order valence-corrected chi connectivity index (χ3v) is 4.60. The monoisotopic (exact) mass is 338 g/mol. The van der Waals surface area contributed by atoms with E-state index in [1.54, 1.807) is 0 Å². The Morgan fingerprint density at radius 2 is 1.90 bits per heavy atom. The second-order valence-electron chi connectivity index (χ2n) is 5.78. The molecular formula is C17H27BrN2. The van der Waals surface area contributed by atoms with E-state index in [-0.39, 0.29) is 0 Å². The van der Waals surface area contributed by atoms with Crippen LogP contribution in [0.15, 0.2) is 22.7 Å². The van der Waals surface area contributed by atoms with Gasteiger partial charge in [-0.15, -0.1) is 0 Å². The fourth-order valence-electron chi connectivity index (χ4n) is 2.94. The number of nitrogens with zero attached hydrogens (tertiary/aromatic N) is 1. The summed E-state index contributed by atoms with van der Waals surface area (Å²) in [7, 11) is 0. The van der Waals surface area contributed by atoms with Crippen LogP contribution in [-0.2, 0) is 0 Å². The van der Waals surface area contributed by atoms with Crippen molar-refractivity contribution in [2.24, 2.45) is 0 Å². The molecule has 1 heterocycles. The van der Waals surface area contributed by atoms with Crippen molar-refractivity contribution in [3.63, 3.8) is 0 Å². The Hall–Kier alpha value is -0.540. The summed E-state index contributed by atoms with van der Waals surface area (Å²) in [6.45, 7) is 7.98. The Balaban J connectivity index is 2.21. The molecule has 1 aromatic carbocycles. The van der Waals surface area contributed by atoms with Gasteiger partial charge in [-0.05, 0) is 56.5 Å². The van der Waals surface area contributed by atoms with E-state index in [4.69, 9.17) is 0 Å². The highest BCUT2D eigenvalue weighted by Gasteiger charge is 2.17. The highest BCUT2D eigenvalue weighted by atomic mass is 79.9. The number of hydrogen-bond acceptors (Lipinski definition) is 2. The van der Waals surface area contributed by atoms with Gasteiger partial charge in [-0.1, -0.05) is 35.7 Å². The van der Waals surface area contributed by atoms with E-state index in [2.05, 4.69) is 58.2 Å². The van der Waals surface area contributed by atoms with Crippen LogP contribution in [-0.4, -0.2) is 19.6 Å². The zero-order valence-electron chi connectivity index (χ0n) is 12.8. The molecule has 0 radical (unpaired) electrons. The molecule has 2 nitrogen and oxygen atoms in total. The number of halogens is 1. The number of benzene rings is 1. The number of anilines is 1. The van der Waals surface area contributed by atoms with Gasteiger partial charge in [-0.3, -0.25) is 0 Å². The third kappa shape index (κ3) is 4.23. The normalized spacial score (nSPS) is 17.9. The fourth-order valence-corrected chi connectivity index (χ4v) is 3.32. The van der Waals surface area contributed by atoms with Crippen LogP contribution >= 0.6 is 15.9 Å². The number of hydrogen-bond donors (Lipinski definition) is 1. The summed E-state index contributed by atoms with van der Waals surface area (Å²) >= 11 is 3.63. The Bertz CT molecular complexity index is 411. The lowest BCUT2D eigenvalue weighted by molar-refractivity contribution is 0.568. The van der Waals surface area contributed by atoms with E-state index < -0.39 is 0 Å². The van der Waals surface area contributed by atoms with Gasteiger partial charge in [-0.25, -0.2) is 0 Å². The molecular weight excluding hydrogens is 312 g/mol. The molecule has 1 N–H and O–H groups in total. The molecule has 1 aromatic rings. The molecule has 0 amide bonds. The van der Waals surface area contributed by atoms with E-state index in [9.17, 15) is 0 Å². The van der Waals surface area contributed by atoms with E-state index in [0.29, 0.717) is 6.04 Å². The molecule has 112 valence electrons. The molecule has 0 aromatic heterocycles. The molecule has 0 spiro atoms. The van der Waals surface area contributed by atoms with Gasteiger partial charge in [-0.2, -0.15) is 0 Å². The predicted octanol–water partition coefficient (Wildman–Crippen LogP) is 4.89. The lowest BCUT2D eigenvalue weighted by Crippen LogP contribution is -2.27. The average molecular weight is 339 g/mol. The van der Waals surface area contributed by atoms with Gasteiger partial charge in [0.2, 0.25) is 0 Å². The van der Waals surface area contributed by atoms with Gasteiger partial charge < -0.3 is 10.2 Å². The Morgan fingerprint density at radius 1 is 1.20 bits per heavy atom.